The predicted molar refractivity (Wildman–Crippen MR) is 120 cm³/mol. The number of carbonyl (C=O) groups excluding carboxylic acids is 1. The highest BCUT2D eigenvalue weighted by molar-refractivity contribution is 9.10. The molecule has 1 fully saturated rings. The van der Waals surface area contributed by atoms with Crippen LogP contribution in [-0.2, 0) is 14.3 Å². The maximum Gasteiger partial charge on any atom is 0.338 e. The van der Waals surface area contributed by atoms with Crippen molar-refractivity contribution in [2.45, 2.75) is 19.1 Å². The fourth-order valence-electron chi connectivity index (χ4n) is 3.81. The van der Waals surface area contributed by atoms with Crippen molar-refractivity contribution >= 4 is 27.7 Å². The van der Waals surface area contributed by atoms with Gasteiger partial charge in [-0.2, -0.15) is 5.10 Å². The van der Waals surface area contributed by atoms with Crippen LogP contribution < -0.4 is 5.32 Å². The standard InChI is InChI=1S/C21H24BrFN6O4/c1-2-32-21(31)17-16(9-29-5-6-33-13(8-29)10-30)26-20(19-24-11-25-28-19)27-18(17)14-4-3-12(23)7-15(14)22/h3-4,7,11,13,18,30H,2,5-6,8-10H2,1H3,(H,26,27)(H,24,25,28). The number of amidine groups is 1. The summed E-state index contributed by atoms with van der Waals surface area (Å²) >= 11 is 3.41. The number of halogens is 2. The summed E-state index contributed by atoms with van der Waals surface area (Å²) in [6, 6.07) is 3.45. The maximum atomic E-state index is 13.8. The molecule has 2 aromatic rings. The van der Waals surface area contributed by atoms with Crippen molar-refractivity contribution < 1.29 is 23.8 Å². The number of aromatic nitrogens is 3. The molecule has 2 atom stereocenters. The van der Waals surface area contributed by atoms with Gasteiger partial charge in [0.2, 0.25) is 5.82 Å². The van der Waals surface area contributed by atoms with Crippen molar-refractivity contribution in [3.8, 4) is 0 Å². The highest BCUT2D eigenvalue weighted by Gasteiger charge is 2.35. The lowest BCUT2D eigenvalue weighted by Gasteiger charge is -2.35. The first-order valence-corrected chi connectivity index (χ1v) is 11.3. The van der Waals surface area contributed by atoms with E-state index in [2.05, 4.69) is 41.3 Å². The van der Waals surface area contributed by atoms with E-state index in [1.54, 1.807) is 13.0 Å². The van der Waals surface area contributed by atoms with E-state index >= 15 is 0 Å². The number of nitrogens with zero attached hydrogens (tertiary/aromatic N) is 4. The van der Waals surface area contributed by atoms with Crippen molar-refractivity contribution in [1.82, 2.24) is 25.4 Å². The van der Waals surface area contributed by atoms with Gasteiger partial charge in [-0.25, -0.2) is 14.2 Å². The third-order valence-corrected chi connectivity index (χ3v) is 6.00. The first-order chi connectivity index (χ1) is 16.0. The molecule has 3 N–H and O–H groups in total. The minimum absolute atomic E-state index is 0.0945. The monoisotopic (exact) mass is 522 g/mol. The first-order valence-electron chi connectivity index (χ1n) is 10.5. The molecule has 2 aliphatic rings. The molecule has 1 saturated heterocycles. The molecule has 0 radical (unpaired) electrons. The summed E-state index contributed by atoms with van der Waals surface area (Å²) in [6.07, 6.45) is 1.12. The molecule has 1 aromatic heterocycles. The molecule has 0 bridgehead atoms. The lowest BCUT2D eigenvalue weighted by molar-refractivity contribution is -0.139. The van der Waals surface area contributed by atoms with Gasteiger partial charge in [0.25, 0.3) is 0 Å². The molecular formula is C21H24BrFN6O4. The molecule has 4 rings (SSSR count). The van der Waals surface area contributed by atoms with Crippen molar-refractivity contribution in [1.29, 1.82) is 0 Å². The normalized spacial score (nSPS) is 21.5. The quantitative estimate of drug-likeness (QED) is 0.464. The van der Waals surface area contributed by atoms with Crippen LogP contribution in [-0.4, -0.2) is 82.6 Å². The van der Waals surface area contributed by atoms with Crippen LogP contribution in [0.25, 0.3) is 0 Å². The van der Waals surface area contributed by atoms with Gasteiger partial charge in [-0.15, -0.1) is 0 Å². The number of morpholine rings is 1. The zero-order valence-electron chi connectivity index (χ0n) is 17.9. The van der Waals surface area contributed by atoms with Gasteiger partial charge in [0.1, 0.15) is 18.2 Å². The van der Waals surface area contributed by atoms with Crippen LogP contribution in [0, 0.1) is 5.82 Å². The van der Waals surface area contributed by atoms with E-state index in [9.17, 15) is 14.3 Å². The van der Waals surface area contributed by atoms with Crippen LogP contribution in [0.15, 0.2) is 45.3 Å². The Bertz CT molecular complexity index is 1060. The number of rotatable bonds is 7. The summed E-state index contributed by atoms with van der Waals surface area (Å²) in [5.74, 6) is -0.240. The summed E-state index contributed by atoms with van der Waals surface area (Å²) in [4.78, 5) is 24.1. The van der Waals surface area contributed by atoms with Crippen LogP contribution in [0.4, 0.5) is 4.39 Å². The fraction of sp³-hybridized carbons (Fsp3) is 0.429. The van der Waals surface area contributed by atoms with Gasteiger partial charge in [0.15, 0.2) is 5.84 Å². The summed E-state index contributed by atoms with van der Waals surface area (Å²) < 4.78 is 25.2. The Balaban J connectivity index is 1.79. The Morgan fingerprint density at radius 1 is 1.45 bits per heavy atom. The number of esters is 1. The molecule has 3 heterocycles. The molecule has 0 amide bonds. The summed E-state index contributed by atoms with van der Waals surface area (Å²) in [7, 11) is 0. The van der Waals surface area contributed by atoms with E-state index in [1.807, 2.05) is 0 Å². The van der Waals surface area contributed by atoms with Crippen molar-refractivity contribution in [3.63, 3.8) is 0 Å². The second-order valence-electron chi connectivity index (χ2n) is 7.52. The zero-order chi connectivity index (χ0) is 23.4. The van der Waals surface area contributed by atoms with Crippen LogP contribution in [0.3, 0.4) is 0 Å². The fourth-order valence-corrected chi connectivity index (χ4v) is 4.38. The number of hydrogen-bond acceptors (Lipinski definition) is 9. The molecule has 12 heteroatoms. The Kier molecular flexibility index (Phi) is 7.48. The average molecular weight is 523 g/mol. The number of H-pyrrole nitrogens is 1. The molecule has 0 saturated carbocycles. The highest BCUT2D eigenvalue weighted by atomic mass is 79.9. The molecular weight excluding hydrogens is 499 g/mol. The maximum absolute atomic E-state index is 13.8. The van der Waals surface area contributed by atoms with Gasteiger partial charge < -0.3 is 19.9 Å². The largest absolute Gasteiger partial charge is 0.463 e. The van der Waals surface area contributed by atoms with Crippen LogP contribution >= 0.6 is 15.9 Å². The second kappa shape index (κ2) is 10.5. The Morgan fingerprint density at radius 3 is 3.00 bits per heavy atom. The van der Waals surface area contributed by atoms with E-state index < -0.39 is 17.8 Å². The number of benzene rings is 1. The van der Waals surface area contributed by atoms with Crippen LogP contribution in [0.1, 0.15) is 24.4 Å². The highest BCUT2D eigenvalue weighted by Crippen LogP contribution is 2.36. The minimum atomic E-state index is -0.779. The number of aliphatic hydroxyl groups excluding tert-OH is 1. The van der Waals surface area contributed by atoms with E-state index in [0.717, 1.165) is 0 Å². The third-order valence-electron chi connectivity index (χ3n) is 5.31. The van der Waals surface area contributed by atoms with E-state index in [4.69, 9.17) is 14.5 Å². The van der Waals surface area contributed by atoms with Gasteiger partial charge in [-0.3, -0.25) is 15.0 Å². The van der Waals surface area contributed by atoms with Crippen molar-refractivity contribution in [2.75, 3.05) is 39.5 Å². The predicted octanol–water partition coefficient (Wildman–Crippen LogP) is 1.31. The Hall–Kier alpha value is -2.67. The van der Waals surface area contributed by atoms with E-state index in [1.165, 1.54) is 18.5 Å². The molecule has 1 aromatic carbocycles. The number of aliphatic imine (C=N–C) groups is 1. The molecule has 2 aliphatic heterocycles. The number of ether oxygens (including phenoxy) is 2. The summed E-state index contributed by atoms with van der Waals surface area (Å²) in [5.41, 5.74) is 1.49. The van der Waals surface area contributed by atoms with Crippen LogP contribution in [0.2, 0.25) is 0 Å². The smallest absolute Gasteiger partial charge is 0.338 e. The van der Waals surface area contributed by atoms with E-state index in [0.29, 0.717) is 59.2 Å². The molecule has 10 nitrogen and oxygen atoms in total. The topological polar surface area (TPSA) is 125 Å². The molecule has 0 spiro atoms. The van der Waals surface area contributed by atoms with Crippen LogP contribution in [0.5, 0.6) is 0 Å². The average Bonchev–Trinajstić information content (AvgIpc) is 3.34. The SMILES string of the molecule is CCOC(=O)C1=C(CN2CCOC(CO)C2)NC(c2nc[nH]n2)=NC1c1ccc(F)cc1Br. The first kappa shape index (κ1) is 23.5. The third kappa shape index (κ3) is 5.29. The lowest BCUT2D eigenvalue weighted by atomic mass is 9.95. The molecule has 33 heavy (non-hydrogen) atoms. The minimum Gasteiger partial charge on any atom is -0.463 e. The van der Waals surface area contributed by atoms with Gasteiger partial charge >= 0.3 is 5.97 Å². The molecule has 0 aliphatic carbocycles. The van der Waals surface area contributed by atoms with Crippen molar-refractivity contribution in [3.05, 3.63) is 57.5 Å². The Labute approximate surface area is 198 Å². The number of carbonyl (C=O) groups is 1. The summed E-state index contributed by atoms with van der Waals surface area (Å²) in [6.45, 7) is 3.76. The van der Waals surface area contributed by atoms with Gasteiger partial charge in [-0.1, -0.05) is 22.0 Å². The number of hydrogen-bond donors (Lipinski definition) is 3. The van der Waals surface area contributed by atoms with Gasteiger partial charge in [0.05, 0.1) is 31.5 Å². The van der Waals surface area contributed by atoms with E-state index in [-0.39, 0.29) is 19.3 Å². The van der Waals surface area contributed by atoms with Gasteiger partial charge in [-0.05, 0) is 24.6 Å². The lowest BCUT2D eigenvalue weighted by Crippen LogP contribution is -2.47. The zero-order valence-corrected chi connectivity index (χ0v) is 19.5. The number of aromatic amines is 1. The Morgan fingerprint density at radius 2 is 2.30 bits per heavy atom. The second-order valence-corrected chi connectivity index (χ2v) is 8.37. The summed E-state index contributed by atoms with van der Waals surface area (Å²) in [5, 5.41) is 19.5. The number of aliphatic hydroxyl groups is 1. The molecule has 2 unspecified atom stereocenters. The van der Waals surface area contributed by atoms with Gasteiger partial charge in [0, 0.05) is 29.8 Å². The van der Waals surface area contributed by atoms with Crippen molar-refractivity contribution in [2.24, 2.45) is 4.99 Å². The number of nitrogens with one attached hydrogen (secondary N) is 2. The molecule has 176 valence electrons.